The van der Waals surface area contributed by atoms with Crippen molar-refractivity contribution in [2.24, 2.45) is 0 Å². The summed E-state index contributed by atoms with van der Waals surface area (Å²) in [5, 5.41) is 0.168. The van der Waals surface area contributed by atoms with Gasteiger partial charge >= 0.3 is 0 Å². The predicted octanol–water partition coefficient (Wildman–Crippen LogP) is 3.15. The quantitative estimate of drug-likeness (QED) is 0.725. The van der Waals surface area contributed by atoms with Crippen molar-refractivity contribution in [1.29, 1.82) is 0 Å². The molecule has 0 N–H and O–H groups in total. The second kappa shape index (κ2) is 7.11. The summed E-state index contributed by atoms with van der Waals surface area (Å²) in [5.74, 6) is 0.409. The molecular formula is C16H16BrClN2O4S. The second-order valence-electron chi connectivity index (χ2n) is 5.66. The van der Waals surface area contributed by atoms with Gasteiger partial charge in [0.15, 0.2) is 0 Å². The molecule has 1 aromatic heterocycles. The molecule has 1 saturated heterocycles. The Bertz CT molecular complexity index is 905. The van der Waals surface area contributed by atoms with Crippen LogP contribution in [0.25, 0.3) is 0 Å². The maximum atomic E-state index is 12.8. The molecule has 1 fully saturated rings. The number of amides is 1. The van der Waals surface area contributed by atoms with Gasteiger partial charge in [0.05, 0.1) is 16.8 Å². The second-order valence-corrected chi connectivity index (χ2v) is 8.89. The highest BCUT2D eigenvalue weighted by Crippen LogP contribution is 2.28. The number of benzene rings is 1. The van der Waals surface area contributed by atoms with Crippen LogP contribution in [0, 0.1) is 6.92 Å². The molecule has 1 aliphatic heterocycles. The molecule has 6 nitrogen and oxygen atoms in total. The van der Waals surface area contributed by atoms with Gasteiger partial charge < -0.3 is 9.32 Å². The lowest BCUT2D eigenvalue weighted by atomic mass is 10.2. The van der Waals surface area contributed by atoms with Crippen LogP contribution in [0.5, 0.6) is 0 Å². The fourth-order valence-electron chi connectivity index (χ4n) is 2.73. The highest BCUT2D eigenvalue weighted by Gasteiger charge is 2.32. The summed E-state index contributed by atoms with van der Waals surface area (Å²) in [7, 11) is -3.70. The van der Waals surface area contributed by atoms with Crippen molar-refractivity contribution in [3.8, 4) is 0 Å². The Hall–Kier alpha value is -1.35. The number of rotatable bonds is 3. The maximum absolute atomic E-state index is 12.8. The maximum Gasteiger partial charge on any atom is 0.257 e. The standard InChI is InChI=1S/C16H16BrClN2O4S/c1-11-13(4-9-24-11)16(21)19-5-7-20(8-6-19)25(22,23)15-3-2-12(17)10-14(15)18/h2-4,9-10H,5-8H2,1H3. The first-order chi connectivity index (χ1) is 11.8. The number of halogens is 2. The fourth-order valence-corrected chi connectivity index (χ4v) is 5.17. The minimum Gasteiger partial charge on any atom is -0.469 e. The van der Waals surface area contributed by atoms with E-state index in [9.17, 15) is 13.2 Å². The molecular weight excluding hydrogens is 432 g/mol. The molecule has 0 atom stereocenters. The summed E-state index contributed by atoms with van der Waals surface area (Å²) in [5.41, 5.74) is 0.507. The molecule has 1 amide bonds. The first-order valence-electron chi connectivity index (χ1n) is 7.59. The number of hydrogen-bond donors (Lipinski definition) is 0. The largest absolute Gasteiger partial charge is 0.469 e. The number of sulfonamides is 1. The van der Waals surface area contributed by atoms with Crippen molar-refractivity contribution in [3.63, 3.8) is 0 Å². The Morgan fingerprint density at radius 2 is 1.88 bits per heavy atom. The van der Waals surface area contributed by atoms with Gasteiger partial charge in [0, 0.05) is 30.7 Å². The average Bonchev–Trinajstić information content (AvgIpc) is 3.00. The van der Waals surface area contributed by atoms with Gasteiger partial charge in [0.2, 0.25) is 10.0 Å². The van der Waals surface area contributed by atoms with Crippen LogP contribution in [-0.4, -0.2) is 49.7 Å². The van der Waals surface area contributed by atoms with Gasteiger partial charge in [-0.25, -0.2) is 8.42 Å². The van der Waals surface area contributed by atoms with Crippen LogP contribution in [0.2, 0.25) is 5.02 Å². The van der Waals surface area contributed by atoms with Crippen LogP contribution < -0.4 is 0 Å². The van der Waals surface area contributed by atoms with Crippen LogP contribution in [0.1, 0.15) is 16.1 Å². The predicted molar refractivity (Wildman–Crippen MR) is 97.3 cm³/mol. The Balaban J connectivity index is 1.73. The Morgan fingerprint density at radius 3 is 2.44 bits per heavy atom. The molecule has 0 unspecified atom stereocenters. The monoisotopic (exact) mass is 446 g/mol. The normalized spacial score (nSPS) is 16.2. The Morgan fingerprint density at radius 1 is 1.20 bits per heavy atom. The number of nitrogens with zero attached hydrogens (tertiary/aromatic N) is 2. The van der Waals surface area contributed by atoms with Crippen molar-refractivity contribution in [2.45, 2.75) is 11.8 Å². The van der Waals surface area contributed by atoms with Crippen molar-refractivity contribution in [3.05, 3.63) is 51.3 Å². The first kappa shape index (κ1) is 18.4. The third-order valence-electron chi connectivity index (χ3n) is 4.13. The zero-order valence-corrected chi connectivity index (χ0v) is 16.6. The molecule has 0 radical (unpaired) electrons. The third kappa shape index (κ3) is 3.62. The van der Waals surface area contributed by atoms with E-state index in [0.29, 0.717) is 28.9 Å². The van der Waals surface area contributed by atoms with E-state index >= 15 is 0 Å². The number of hydrogen-bond acceptors (Lipinski definition) is 4. The Labute approximate surface area is 159 Å². The van der Waals surface area contributed by atoms with Gasteiger partial charge in [-0.05, 0) is 31.2 Å². The summed E-state index contributed by atoms with van der Waals surface area (Å²) in [6, 6.07) is 6.30. The lowest BCUT2D eigenvalue weighted by Crippen LogP contribution is -2.50. The summed E-state index contributed by atoms with van der Waals surface area (Å²) in [6.45, 7) is 2.80. The number of aryl methyl sites for hydroxylation is 1. The number of piperazine rings is 1. The van der Waals surface area contributed by atoms with Crippen LogP contribution in [0.3, 0.4) is 0 Å². The molecule has 2 aromatic rings. The summed E-state index contributed by atoms with van der Waals surface area (Å²) >= 11 is 9.35. The zero-order chi connectivity index (χ0) is 18.2. The lowest BCUT2D eigenvalue weighted by Gasteiger charge is -2.34. The van der Waals surface area contributed by atoms with Crippen molar-refractivity contribution in [2.75, 3.05) is 26.2 Å². The molecule has 3 rings (SSSR count). The van der Waals surface area contributed by atoms with E-state index in [4.69, 9.17) is 16.0 Å². The van der Waals surface area contributed by atoms with E-state index in [1.165, 1.54) is 16.6 Å². The van der Waals surface area contributed by atoms with Crippen molar-refractivity contribution in [1.82, 2.24) is 9.21 Å². The summed E-state index contributed by atoms with van der Waals surface area (Å²) < 4.78 is 32.8. The summed E-state index contributed by atoms with van der Waals surface area (Å²) in [4.78, 5) is 14.2. The highest BCUT2D eigenvalue weighted by molar-refractivity contribution is 9.10. The van der Waals surface area contributed by atoms with Crippen LogP contribution in [0.4, 0.5) is 0 Å². The lowest BCUT2D eigenvalue weighted by molar-refractivity contribution is 0.0696. The van der Waals surface area contributed by atoms with E-state index in [1.807, 2.05) is 0 Å². The molecule has 0 aliphatic carbocycles. The topological polar surface area (TPSA) is 70.8 Å². The van der Waals surface area contributed by atoms with Gasteiger partial charge in [0.25, 0.3) is 5.91 Å². The van der Waals surface area contributed by atoms with Crippen LogP contribution >= 0.6 is 27.5 Å². The van der Waals surface area contributed by atoms with Gasteiger partial charge in [-0.15, -0.1) is 0 Å². The van der Waals surface area contributed by atoms with E-state index in [0.717, 1.165) is 0 Å². The summed E-state index contributed by atoms with van der Waals surface area (Å²) in [6.07, 6.45) is 1.47. The van der Waals surface area contributed by atoms with Crippen LogP contribution in [0.15, 0.2) is 44.3 Å². The van der Waals surface area contributed by atoms with Crippen molar-refractivity contribution < 1.29 is 17.6 Å². The molecule has 25 heavy (non-hydrogen) atoms. The van der Waals surface area contributed by atoms with Gasteiger partial charge in [-0.1, -0.05) is 27.5 Å². The van der Waals surface area contributed by atoms with Gasteiger partial charge in [-0.3, -0.25) is 4.79 Å². The van der Waals surface area contributed by atoms with Gasteiger partial charge in [-0.2, -0.15) is 4.31 Å². The molecule has 2 heterocycles. The molecule has 9 heteroatoms. The number of carbonyl (C=O) groups is 1. The average molecular weight is 448 g/mol. The molecule has 0 saturated carbocycles. The minimum absolute atomic E-state index is 0.0721. The molecule has 134 valence electrons. The molecule has 0 bridgehead atoms. The minimum atomic E-state index is -3.70. The SMILES string of the molecule is Cc1occc1C(=O)N1CCN(S(=O)(=O)c2ccc(Br)cc2Cl)CC1. The first-order valence-corrected chi connectivity index (χ1v) is 10.2. The van der Waals surface area contributed by atoms with Gasteiger partial charge in [0.1, 0.15) is 10.7 Å². The fraction of sp³-hybridized carbons (Fsp3) is 0.312. The van der Waals surface area contributed by atoms with E-state index < -0.39 is 10.0 Å². The van der Waals surface area contributed by atoms with E-state index in [2.05, 4.69) is 15.9 Å². The smallest absolute Gasteiger partial charge is 0.257 e. The molecule has 1 aliphatic rings. The Kier molecular flexibility index (Phi) is 5.24. The molecule has 0 spiro atoms. The van der Waals surface area contributed by atoms with E-state index in [-0.39, 0.29) is 28.9 Å². The third-order valence-corrected chi connectivity index (χ3v) is 7.00. The number of furan rings is 1. The van der Waals surface area contributed by atoms with Crippen molar-refractivity contribution >= 4 is 43.5 Å². The van der Waals surface area contributed by atoms with E-state index in [1.54, 1.807) is 30.0 Å². The highest BCUT2D eigenvalue weighted by atomic mass is 79.9. The molecule has 1 aromatic carbocycles. The number of carbonyl (C=O) groups excluding carboxylic acids is 1. The zero-order valence-electron chi connectivity index (χ0n) is 13.4. The van der Waals surface area contributed by atoms with Crippen LogP contribution in [-0.2, 0) is 10.0 Å².